The molecule has 1 heterocycles. The molecule has 1 aromatic heterocycles. The lowest BCUT2D eigenvalue weighted by Gasteiger charge is -2.02. The SMILES string of the molecule is CCOc1cnn(-c2ccccc2Cl)c1. The van der Waals surface area contributed by atoms with Gasteiger partial charge < -0.3 is 4.74 Å². The van der Waals surface area contributed by atoms with E-state index in [9.17, 15) is 0 Å². The summed E-state index contributed by atoms with van der Waals surface area (Å²) in [6.07, 6.45) is 3.48. The first-order valence-electron chi connectivity index (χ1n) is 4.73. The first-order valence-corrected chi connectivity index (χ1v) is 5.11. The second-order valence-corrected chi connectivity index (χ2v) is 3.41. The molecule has 15 heavy (non-hydrogen) atoms. The second-order valence-electron chi connectivity index (χ2n) is 3.01. The molecule has 2 rings (SSSR count). The van der Waals surface area contributed by atoms with Crippen LogP contribution in [0.25, 0.3) is 5.69 Å². The Balaban J connectivity index is 2.33. The topological polar surface area (TPSA) is 27.1 Å². The molecule has 78 valence electrons. The Hall–Kier alpha value is -1.48. The summed E-state index contributed by atoms with van der Waals surface area (Å²) < 4.78 is 7.02. The molecular formula is C11H11ClN2O. The number of benzene rings is 1. The maximum atomic E-state index is 6.04. The minimum atomic E-state index is 0.633. The third kappa shape index (κ3) is 2.13. The van der Waals surface area contributed by atoms with Gasteiger partial charge in [0.05, 0.1) is 29.7 Å². The Bertz CT molecular complexity index is 453. The Kier molecular flexibility index (Phi) is 2.92. The van der Waals surface area contributed by atoms with Crippen molar-refractivity contribution in [1.29, 1.82) is 0 Å². The van der Waals surface area contributed by atoms with Crippen LogP contribution in [0.4, 0.5) is 0 Å². The molecule has 0 unspecified atom stereocenters. The normalized spacial score (nSPS) is 10.3. The largest absolute Gasteiger partial charge is 0.491 e. The summed E-state index contributed by atoms with van der Waals surface area (Å²) in [5.41, 5.74) is 0.852. The summed E-state index contributed by atoms with van der Waals surface area (Å²) in [7, 11) is 0. The van der Waals surface area contributed by atoms with Crippen molar-refractivity contribution in [3.8, 4) is 11.4 Å². The van der Waals surface area contributed by atoms with Crippen LogP contribution < -0.4 is 4.74 Å². The Morgan fingerprint density at radius 2 is 2.20 bits per heavy atom. The van der Waals surface area contributed by atoms with Crippen LogP contribution in [-0.2, 0) is 0 Å². The molecule has 0 saturated heterocycles. The van der Waals surface area contributed by atoms with E-state index in [1.165, 1.54) is 0 Å². The van der Waals surface area contributed by atoms with Crippen LogP contribution in [0.15, 0.2) is 36.7 Å². The summed E-state index contributed by atoms with van der Waals surface area (Å²) >= 11 is 6.04. The third-order valence-corrected chi connectivity index (χ3v) is 2.29. The summed E-state index contributed by atoms with van der Waals surface area (Å²) in [5, 5.41) is 4.84. The first-order chi connectivity index (χ1) is 7.31. The van der Waals surface area contributed by atoms with Gasteiger partial charge in [0, 0.05) is 0 Å². The number of rotatable bonds is 3. The van der Waals surface area contributed by atoms with Crippen LogP contribution in [0.1, 0.15) is 6.92 Å². The number of nitrogens with zero attached hydrogens (tertiary/aromatic N) is 2. The maximum Gasteiger partial charge on any atom is 0.157 e. The molecule has 0 spiro atoms. The van der Waals surface area contributed by atoms with E-state index >= 15 is 0 Å². The van der Waals surface area contributed by atoms with Gasteiger partial charge in [0.15, 0.2) is 5.75 Å². The molecule has 3 nitrogen and oxygen atoms in total. The predicted octanol–water partition coefficient (Wildman–Crippen LogP) is 2.92. The van der Waals surface area contributed by atoms with Gasteiger partial charge in [-0.3, -0.25) is 0 Å². The van der Waals surface area contributed by atoms with E-state index in [0.717, 1.165) is 11.4 Å². The fraction of sp³-hybridized carbons (Fsp3) is 0.182. The molecule has 0 atom stereocenters. The van der Waals surface area contributed by atoms with Crippen LogP contribution in [0.5, 0.6) is 5.75 Å². The molecule has 4 heteroatoms. The van der Waals surface area contributed by atoms with E-state index in [1.807, 2.05) is 37.4 Å². The van der Waals surface area contributed by atoms with Crippen molar-refractivity contribution >= 4 is 11.6 Å². The molecular weight excluding hydrogens is 212 g/mol. The van der Waals surface area contributed by atoms with Gasteiger partial charge in [0.25, 0.3) is 0 Å². The third-order valence-electron chi connectivity index (χ3n) is 1.97. The molecule has 0 fully saturated rings. The lowest BCUT2D eigenvalue weighted by atomic mass is 10.3. The van der Waals surface area contributed by atoms with Crippen molar-refractivity contribution in [2.24, 2.45) is 0 Å². The summed E-state index contributed by atoms with van der Waals surface area (Å²) in [5.74, 6) is 0.748. The minimum absolute atomic E-state index is 0.633. The van der Waals surface area contributed by atoms with Crippen LogP contribution in [0.3, 0.4) is 0 Å². The van der Waals surface area contributed by atoms with Crippen molar-refractivity contribution in [1.82, 2.24) is 9.78 Å². The highest BCUT2D eigenvalue weighted by atomic mass is 35.5. The molecule has 0 aliphatic heterocycles. The summed E-state index contributed by atoms with van der Waals surface area (Å²) in [6.45, 7) is 2.57. The molecule has 0 aliphatic rings. The molecule has 0 amide bonds. The quantitative estimate of drug-likeness (QED) is 0.799. The van der Waals surface area contributed by atoms with Crippen molar-refractivity contribution in [2.45, 2.75) is 6.92 Å². The number of hydrogen-bond donors (Lipinski definition) is 0. The Morgan fingerprint density at radius 3 is 2.93 bits per heavy atom. The molecule has 0 bridgehead atoms. The zero-order valence-corrected chi connectivity index (χ0v) is 9.11. The van der Waals surface area contributed by atoms with Gasteiger partial charge in [0.1, 0.15) is 0 Å². The van der Waals surface area contributed by atoms with E-state index in [1.54, 1.807) is 10.9 Å². The lowest BCUT2D eigenvalue weighted by molar-refractivity contribution is 0.340. The molecule has 2 aromatic rings. The Labute approximate surface area is 93.2 Å². The Morgan fingerprint density at radius 1 is 1.40 bits per heavy atom. The average Bonchev–Trinajstić information content (AvgIpc) is 2.68. The lowest BCUT2D eigenvalue weighted by Crippen LogP contribution is -1.94. The second kappa shape index (κ2) is 4.36. The highest BCUT2D eigenvalue weighted by Crippen LogP contribution is 2.20. The van der Waals surface area contributed by atoms with Crippen LogP contribution in [0.2, 0.25) is 5.02 Å². The van der Waals surface area contributed by atoms with Gasteiger partial charge in [-0.15, -0.1) is 0 Å². The highest BCUT2D eigenvalue weighted by molar-refractivity contribution is 6.32. The zero-order chi connectivity index (χ0) is 10.7. The predicted molar refractivity (Wildman–Crippen MR) is 59.7 cm³/mol. The number of halogens is 1. The van der Waals surface area contributed by atoms with Crippen LogP contribution >= 0.6 is 11.6 Å². The standard InChI is InChI=1S/C11H11ClN2O/c1-2-15-9-7-13-14(8-9)11-6-4-3-5-10(11)12/h3-8H,2H2,1H3. The monoisotopic (exact) mass is 222 g/mol. The maximum absolute atomic E-state index is 6.04. The molecule has 0 N–H and O–H groups in total. The van der Waals surface area contributed by atoms with Gasteiger partial charge in [-0.25, -0.2) is 4.68 Å². The summed E-state index contributed by atoms with van der Waals surface area (Å²) in [4.78, 5) is 0. The van der Waals surface area contributed by atoms with E-state index < -0.39 is 0 Å². The fourth-order valence-electron chi connectivity index (χ4n) is 1.32. The molecule has 0 radical (unpaired) electrons. The van der Waals surface area contributed by atoms with Crippen LogP contribution in [0, 0.1) is 0 Å². The van der Waals surface area contributed by atoms with Crippen LogP contribution in [-0.4, -0.2) is 16.4 Å². The minimum Gasteiger partial charge on any atom is -0.491 e. The molecule has 0 saturated carbocycles. The van der Waals surface area contributed by atoms with Crippen molar-refractivity contribution < 1.29 is 4.74 Å². The smallest absolute Gasteiger partial charge is 0.157 e. The van der Waals surface area contributed by atoms with Gasteiger partial charge >= 0.3 is 0 Å². The highest BCUT2D eigenvalue weighted by Gasteiger charge is 2.04. The van der Waals surface area contributed by atoms with Gasteiger partial charge in [0.2, 0.25) is 0 Å². The number of para-hydroxylation sites is 1. The van der Waals surface area contributed by atoms with Gasteiger partial charge in [-0.1, -0.05) is 23.7 Å². The fourth-order valence-corrected chi connectivity index (χ4v) is 1.54. The van der Waals surface area contributed by atoms with Gasteiger partial charge in [-0.05, 0) is 19.1 Å². The van der Waals surface area contributed by atoms with Crippen molar-refractivity contribution in [3.05, 3.63) is 41.7 Å². The molecule has 1 aromatic carbocycles. The number of aromatic nitrogens is 2. The summed E-state index contributed by atoms with van der Waals surface area (Å²) in [6, 6.07) is 7.55. The van der Waals surface area contributed by atoms with E-state index in [0.29, 0.717) is 11.6 Å². The van der Waals surface area contributed by atoms with Crippen molar-refractivity contribution in [3.63, 3.8) is 0 Å². The number of ether oxygens (including phenoxy) is 1. The van der Waals surface area contributed by atoms with E-state index in [-0.39, 0.29) is 0 Å². The molecule has 0 aliphatic carbocycles. The van der Waals surface area contributed by atoms with E-state index in [4.69, 9.17) is 16.3 Å². The van der Waals surface area contributed by atoms with Crippen molar-refractivity contribution in [2.75, 3.05) is 6.61 Å². The first kappa shape index (κ1) is 10.1. The van der Waals surface area contributed by atoms with E-state index in [2.05, 4.69) is 5.10 Å². The number of hydrogen-bond acceptors (Lipinski definition) is 2. The van der Waals surface area contributed by atoms with Gasteiger partial charge in [-0.2, -0.15) is 5.10 Å². The average molecular weight is 223 g/mol. The zero-order valence-electron chi connectivity index (χ0n) is 8.35.